The monoisotopic (exact) mass is 254 g/mol. The minimum atomic E-state index is -3.27. The number of pyridine rings is 1. The number of rotatable bonds is 4. The van der Waals surface area contributed by atoms with Gasteiger partial charge in [0.25, 0.3) is 0 Å². The fraction of sp³-hybridized carbons (Fsp3) is 0.400. The fourth-order valence-corrected chi connectivity index (χ4v) is 2.01. The van der Waals surface area contributed by atoms with E-state index >= 15 is 0 Å². The molecule has 17 heavy (non-hydrogen) atoms. The van der Waals surface area contributed by atoms with Gasteiger partial charge in [-0.05, 0) is 26.0 Å². The maximum Gasteiger partial charge on any atom is 0.214 e. The number of hydrogen-bond donors (Lipinski definition) is 1. The molecule has 0 aliphatic rings. The zero-order valence-electron chi connectivity index (χ0n) is 9.66. The quantitative estimate of drug-likeness (QED) is 0.864. The summed E-state index contributed by atoms with van der Waals surface area (Å²) in [6.07, 6.45) is 1.80. The van der Waals surface area contributed by atoms with Crippen LogP contribution < -0.4 is 4.72 Å². The molecule has 2 aromatic heterocycles. The maximum atomic E-state index is 11.6. The van der Waals surface area contributed by atoms with E-state index in [0.717, 1.165) is 0 Å². The number of nitrogens with one attached hydrogen (secondary N) is 1. The van der Waals surface area contributed by atoms with Crippen LogP contribution in [0.4, 0.5) is 0 Å². The van der Waals surface area contributed by atoms with Crippen LogP contribution in [-0.4, -0.2) is 28.3 Å². The van der Waals surface area contributed by atoms with E-state index in [-0.39, 0.29) is 6.54 Å². The highest BCUT2D eigenvalue weighted by Gasteiger charge is 2.16. The van der Waals surface area contributed by atoms with E-state index in [1.54, 1.807) is 24.4 Å². The first-order chi connectivity index (χ1) is 8.00. The summed E-state index contributed by atoms with van der Waals surface area (Å²) >= 11 is 0. The van der Waals surface area contributed by atoms with Gasteiger partial charge in [0, 0.05) is 6.20 Å². The predicted molar refractivity (Wildman–Crippen MR) is 63.9 cm³/mol. The lowest BCUT2D eigenvalue weighted by molar-refractivity contribution is 0.569. The lowest BCUT2D eigenvalue weighted by atomic mass is 10.5. The van der Waals surface area contributed by atoms with Crippen LogP contribution in [0.3, 0.4) is 0 Å². The Morgan fingerprint density at radius 3 is 2.82 bits per heavy atom. The molecule has 1 N–H and O–H groups in total. The van der Waals surface area contributed by atoms with Crippen LogP contribution in [0.1, 0.15) is 19.7 Å². The minimum Gasteiger partial charge on any atom is -0.285 e. The van der Waals surface area contributed by atoms with E-state index in [1.165, 1.54) is 0 Å². The summed E-state index contributed by atoms with van der Waals surface area (Å²) in [6.45, 7) is 3.40. The molecule has 0 aliphatic carbocycles. The molecule has 0 fully saturated rings. The summed E-state index contributed by atoms with van der Waals surface area (Å²) in [5.74, 6) is 0.574. The topological polar surface area (TPSA) is 76.4 Å². The molecule has 0 atom stereocenters. The van der Waals surface area contributed by atoms with Crippen molar-refractivity contribution >= 4 is 15.7 Å². The Morgan fingerprint density at radius 2 is 2.12 bits per heavy atom. The number of hydrogen-bond acceptors (Lipinski definition) is 4. The van der Waals surface area contributed by atoms with E-state index in [1.807, 2.05) is 18.2 Å². The van der Waals surface area contributed by atoms with Gasteiger partial charge in [0.05, 0.1) is 11.8 Å². The third-order valence-corrected chi connectivity index (χ3v) is 4.22. The number of fused-ring (bicyclic) bond motifs is 1. The third kappa shape index (κ3) is 2.45. The minimum absolute atomic E-state index is 0.145. The SMILES string of the molecule is CC(C)S(=O)(=O)NCc1nnc2ccccn12. The molecule has 0 radical (unpaired) electrons. The fourth-order valence-electron chi connectivity index (χ4n) is 1.34. The molecule has 0 amide bonds. The second kappa shape index (κ2) is 4.42. The average molecular weight is 254 g/mol. The lowest BCUT2D eigenvalue weighted by Gasteiger charge is -2.08. The highest BCUT2D eigenvalue weighted by molar-refractivity contribution is 7.90. The first-order valence-corrected chi connectivity index (χ1v) is 6.82. The molecular weight excluding hydrogens is 240 g/mol. The number of sulfonamides is 1. The summed E-state index contributed by atoms with van der Waals surface area (Å²) in [6, 6.07) is 5.51. The zero-order valence-corrected chi connectivity index (χ0v) is 10.5. The summed E-state index contributed by atoms with van der Waals surface area (Å²) in [4.78, 5) is 0. The van der Waals surface area contributed by atoms with Gasteiger partial charge in [-0.3, -0.25) is 4.40 Å². The Bertz CT molecular complexity index is 618. The van der Waals surface area contributed by atoms with Gasteiger partial charge in [-0.25, -0.2) is 13.1 Å². The van der Waals surface area contributed by atoms with Crippen LogP contribution in [-0.2, 0) is 16.6 Å². The maximum absolute atomic E-state index is 11.6. The van der Waals surface area contributed by atoms with Crippen molar-refractivity contribution in [2.24, 2.45) is 0 Å². The van der Waals surface area contributed by atoms with Crippen LogP contribution in [0.25, 0.3) is 5.65 Å². The molecule has 0 bridgehead atoms. The molecule has 92 valence electrons. The molecule has 0 unspecified atom stereocenters. The Balaban J connectivity index is 2.20. The van der Waals surface area contributed by atoms with Crippen LogP contribution in [0.2, 0.25) is 0 Å². The van der Waals surface area contributed by atoms with Crippen molar-refractivity contribution in [2.45, 2.75) is 25.6 Å². The van der Waals surface area contributed by atoms with E-state index in [4.69, 9.17) is 0 Å². The molecule has 6 nitrogen and oxygen atoms in total. The van der Waals surface area contributed by atoms with Gasteiger partial charge < -0.3 is 0 Å². The molecule has 0 saturated heterocycles. The third-order valence-electron chi connectivity index (χ3n) is 2.44. The molecular formula is C10H14N4O2S. The summed E-state index contributed by atoms with van der Waals surface area (Å²) in [7, 11) is -3.27. The first-order valence-electron chi connectivity index (χ1n) is 5.28. The molecule has 0 aliphatic heterocycles. The van der Waals surface area contributed by atoms with Crippen molar-refractivity contribution in [3.63, 3.8) is 0 Å². The van der Waals surface area contributed by atoms with Crippen molar-refractivity contribution in [3.8, 4) is 0 Å². The lowest BCUT2D eigenvalue weighted by Crippen LogP contribution is -2.30. The van der Waals surface area contributed by atoms with Gasteiger partial charge >= 0.3 is 0 Å². The molecule has 0 saturated carbocycles. The zero-order chi connectivity index (χ0) is 12.5. The normalized spacial score (nSPS) is 12.4. The number of nitrogens with zero attached hydrogens (tertiary/aromatic N) is 3. The van der Waals surface area contributed by atoms with Crippen LogP contribution in [0, 0.1) is 0 Å². The highest BCUT2D eigenvalue weighted by atomic mass is 32.2. The largest absolute Gasteiger partial charge is 0.285 e. The van der Waals surface area contributed by atoms with Gasteiger partial charge in [0.1, 0.15) is 0 Å². The van der Waals surface area contributed by atoms with Gasteiger partial charge in [0.2, 0.25) is 10.0 Å². The summed E-state index contributed by atoms with van der Waals surface area (Å²) in [5.41, 5.74) is 0.700. The standard InChI is InChI=1S/C10H14N4O2S/c1-8(2)17(15,16)11-7-10-13-12-9-5-3-4-6-14(9)10/h3-6,8,11H,7H2,1-2H3. The van der Waals surface area contributed by atoms with Crippen molar-refractivity contribution in [3.05, 3.63) is 30.2 Å². The molecule has 7 heteroatoms. The van der Waals surface area contributed by atoms with E-state index in [9.17, 15) is 8.42 Å². The van der Waals surface area contributed by atoms with Crippen molar-refractivity contribution in [2.75, 3.05) is 0 Å². The Hall–Kier alpha value is -1.47. The molecule has 0 spiro atoms. The van der Waals surface area contributed by atoms with E-state index < -0.39 is 15.3 Å². The van der Waals surface area contributed by atoms with Crippen LogP contribution in [0.5, 0.6) is 0 Å². The van der Waals surface area contributed by atoms with Gasteiger partial charge in [-0.1, -0.05) is 6.07 Å². The van der Waals surface area contributed by atoms with Gasteiger partial charge in [0.15, 0.2) is 11.5 Å². The summed E-state index contributed by atoms with van der Waals surface area (Å²) < 4.78 is 27.4. The summed E-state index contributed by atoms with van der Waals surface area (Å²) in [5, 5.41) is 7.43. The molecule has 2 aromatic rings. The van der Waals surface area contributed by atoms with E-state index in [2.05, 4.69) is 14.9 Å². The van der Waals surface area contributed by atoms with Crippen LogP contribution in [0.15, 0.2) is 24.4 Å². The molecule has 2 heterocycles. The highest BCUT2D eigenvalue weighted by Crippen LogP contribution is 2.04. The van der Waals surface area contributed by atoms with Crippen LogP contribution >= 0.6 is 0 Å². The average Bonchev–Trinajstić information content (AvgIpc) is 2.69. The van der Waals surface area contributed by atoms with Crippen molar-refractivity contribution in [1.29, 1.82) is 0 Å². The number of aromatic nitrogens is 3. The first kappa shape index (κ1) is 12.0. The smallest absolute Gasteiger partial charge is 0.214 e. The second-order valence-electron chi connectivity index (χ2n) is 3.96. The van der Waals surface area contributed by atoms with Crippen molar-refractivity contribution < 1.29 is 8.42 Å². The predicted octanol–water partition coefficient (Wildman–Crippen LogP) is 0.557. The second-order valence-corrected chi connectivity index (χ2v) is 6.28. The Labute approximate surface area is 99.7 Å². The molecule has 2 rings (SSSR count). The van der Waals surface area contributed by atoms with Crippen molar-refractivity contribution in [1.82, 2.24) is 19.3 Å². The Morgan fingerprint density at radius 1 is 1.35 bits per heavy atom. The van der Waals surface area contributed by atoms with Gasteiger partial charge in [-0.2, -0.15) is 0 Å². The molecule has 0 aromatic carbocycles. The van der Waals surface area contributed by atoms with E-state index in [0.29, 0.717) is 11.5 Å². The van der Waals surface area contributed by atoms with Gasteiger partial charge in [-0.15, -0.1) is 10.2 Å². The Kier molecular flexibility index (Phi) is 3.12.